The number of hydrogen-bond acceptors (Lipinski definition) is 4. The predicted molar refractivity (Wildman–Crippen MR) is 129 cm³/mol. The monoisotopic (exact) mass is 456 g/mol. The van der Waals surface area contributed by atoms with Crippen LogP contribution in [0.1, 0.15) is 37.0 Å². The second-order valence-corrected chi connectivity index (χ2v) is 9.88. The number of fused-ring (bicyclic) bond motifs is 5. The molecule has 2 aromatic carbocycles. The van der Waals surface area contributed by atoms with E-state index in [1.54, 1.807) is 0 Å². The number of hydrogen-bond donors (Lipinski definition) is 3. The first-order valence-corrected chi connectivity index (χ1v) is 12.0. The second-order valence-electron chi connectivity index (χ2n) is 9.88. The number of rotatable bonds is 4. The molecule has 7 heteroatoms. The normalized spacial score (nSPS) is 28.6. The Labute approximate surface area is 197 Å². The lowest BCUT2D eigenvalue weighted by atomic mass is 9.76. The fourth-order valence-electron chi connectivity index (χ4n) is 6.33. The van der Waals surface area contributed by atoms with Crippen LogP contribution in [0.4, 0.5) is 5.69 Å². The van der Waals surface area contributed by atoms with Crippen LogP contribution in [0.2, 0.25) is 0 Å². The molecule has 3 aliphatic heterocycles. The zero-order valence-corrected chi connectivity index (χ0v) is 19.5. The number of aryl methyl sites for hydroxylation is 1. The van der Waals surface area contributed by atoms with Crippen LogP contribution in [0.3, 0.4) is 0 Å². The molecule has 6 rings (SSSR count). The highest BCUT2D eigenvalue weighted by Crippen LogP contribution is 2.54. The van der Waals surface area contributed by atoms with Crippen LogP contribution in [0.25, 0.3) is 10.9 Å². The van der Waals surface area contributed by atoms with Crippen LogP contribution < -0.4 is 10.6 Å². The van der Waals surface area contributed by atoms with Crippen molar-refractivity contribution in [3.63, 3.8) is 0 Å². The van der Waals surface area contributed by atoms with Gasteiger partial charge >= 0.3 is 0 Å². The van der Waals surface area contributed by atoms with Gasteiger partial charge in [0.2, 0.25) is 17.7 Å². The minimum Gasteiger partial charge on any atom is -0.361 e. The Hall–Kier alpha value is -3.45. The van der Waals surface area contributed by atoms with Gasteiger partial charge < -0.3 is 10.3 Å². The standard InChI is InChI=1S/C27H28N4O3/c1-4-15(3)31-24(32)21-20(12-16-13-28-19-11-6-5-9-17(16)19)30-27(22(21)25(31)33)18-10-7-8-14(2)23(18)29-26(27)34/h5-11,13,15,20-22,28,30H,4,12H2,1-3H3,(H,29,34)/t15?,20?,21-,22+,27?/m1/s1. The molecule has 4 heterocycles. The lowest BCUT2D eigenvalue weighted by molar-refractivity contribution is -0.145. The first kappa shape index (κ1) is 21.1. The SMILES string of the molecule is CCC(C)N1C(=O)[C@@H]2C(Cc3c[nH]c4ccccc34)NC3(C(=O)Nc4c(C)cccc43)[C@@H]2C1=O. The van der Waals surface area contributed by atoms with Gasteiger partial charge in [0, 0.05) is 40.4 Å². The summed E-state index contributed by atoms with van der Waals surface area (Å²) in [6.45, 7) is 5.82. The van der Waals surface area contributed by atoms with Gasteiger partial charge in [-0.25, -0.2) is 0 Å². The number of anilines is 1. The molecule has 1 aromatic heterocycles. The quantitative estimate of drug-likeness (QED) is 0.526. The maximum atomic E-state index is 13.8. The molecule has 0 bridgehead atoms. The molecule has 3 N–H and O–H groups in total. The summed E-state index contributed by atoms with van der Waals surface area (Å²) in [5.41, 5.74) is 3.29. The summed E-state index contributed by atoms with van der Waals surface area (Å²) in [6.07, 6.45) is 3.17. The third-order valence-corrected chi connectivity index (χ3v) is 8.14. The molecule has 2 saturated heterocycles. The number of aromatic nitrogens is 1. The Morgan fingerprint density at radius 3 is 2.65 bits per heavy atom. The topological polar surface area (TPSA) is 94.3 Å². The van der Waals surface area contributed by atoms with E-state index in [-0.39, 0.29) is 29.8 Å². The molecule has 3 unspecified atom stereocenters. The Morgan fingerprint density at radius 2 is 1.85 bits per heavy atom. The molecule has 5 atom stereocenters. The number of para-hydroxylation sites is 2. The largest absolute Gasteiger partial charge is 0.361 e. The van der Waals surface area contributed by atoms with Crippen molar-refractivity contribution in [1.29, 1.82) is 0 Å². The molecular weight excluding hydrogens is 428 g/mol. The average molecular weight is 457 g/mol. The van der Waals surface area contributed by atoms with Gasteiger partial charge in [0.1, 0.15) is 5.54 Å². The summed E-state index contributed by atoms with van der Waals surface area (Å²) in [5, 5.41) is 7.66. The van der Waals surface area contributed by atoms with Crippen LogP contribution >= 0.6 is 0 Å². The van der Waals surface area contributed by atoms with Gasteiger partial charge in [0.05, 0.1) is 11.8 Å². The number of carbonyl (C=O) groups excluding carboxylic acids is 3. The first-order chi connectivity index (χ1) is 16.4. The molecule has 34 heavy (non-hydrogen) atoms. The number of benzene rings is 2. The molecule has 1 spiro atoms. The zero-order valence-electron chi connectivity index (χ0n) is 19.5. The third-order valence-electron chi connectivity index (χ3n) is 8.14. The number of nitrogens with one attached hydrogen (secondary N) is 3. The van der Waals surface area contributed by atoms with Crippen LogP contribution in [-0.2, 0) is 26.3 Å². The Balaban J connectivity index is 1.50. The highest BCUT2D eigenvalue weighted by Gasteiger charge is 2.70. The summed E-state index contributed by atoms with van der Waals surface area (Å²) >= 11 is 0. The number of aromatic amines is 1. The van der Waals surface area contributed by atoms with E-state index in [2.05, 4.69) is 21.7 Å². The molecule has 2 fully saturated rings. The fourth-order valence-corrected chi connectivity index (χ4v) is 6.33. The van der Waals surface area contributed by atoms with Crippen molar-refractivity contribution in [3.8, 4) is 0 Å². The molecule has 0 saturated carbocycles. The third kappa shape index (κ3) is 2.59. The van der Waals surface area contributed by atoms with Crippen molar-refractivity contribution in [3.05, 3.63) is 65.4 Å². The number of imide groups is 1. The molecule has 0 aliphatic carbocycles. The van der Waals surface area contributed by atoms with Crippen molar-refractivity contribution in [2.24, 2.45) is 11.8 Å². The predicted octanol–water partition coefficient (Wildman–Crippen LogP) is 3.24. The zero-order chi connectivity index (χ0) is 23.8. The summed E-state index contributed by atoms with van der Waals surface area (Å²) in [6, 6.07) is 13.2. The van der Waals surface area contributed by atoms with E-state index in [1.807, 2.05) is 63.4 Å². The molecule has 3 aliphatic rings. The molecule has 3 amide bonds. The van der Waals surface area contributed by atoms with Crippen molar-refractivity contribution in [1.82, 2.24) is 15.2 Å². The van der Waals surface area contributed by atoms with Gasteiger partial charge in [-0.1, -0.05) is 43.3 Å². The van der Waals surface area contributed by atoms with E-state index in [0.717, 1.165) is 33.3 Å². The van der Waals surface area contributed by atoms with Gasteiger partial charge in [-0.05, 0) is 43.9 Å². The maximum absolute atomic E-state index is 13.8. The van der Waals surface area contributed by atoms with Gasteiger partial charge in [0.25, 0.3) is 0 Å². The fraction of sp³-hybridized carbons (Fsp3) is 0.370. The van der Waals surface area contributed by atoms with Crippen molar-refractivity contribution < 1.29 is 14.4 Å². The van der Waals surface area contributed by atoms with Gasteiger partial charge in [-0.2, -0.15) is 0 Å². The van der Waals surface area contributed by atoms with E-state index >= 15 is 0 Å². The van der Waals surface area contributed by atoms with E-state index in [9.17, 15) is 14.4 Å². The Kier molecular flexibility index (Phi) is 4.51. The van der Waals surface area contributed by atoms with Gasteiger partial charge in [-0.15, -0.1) is 0 Å². The van der Waals surface area contributed by atoms with E-state index < -0.39 is 17.4 Å². The number of nitrogens with zero attached hydrogens (tertiary/aromatic N) is 1. The summed E-state index contributed by atoms with van der Waals surface area (Å²) in [5.74, 6) is -2.05. The number of carbonyl (C=O) groups is 3. The second kappa shape index (κ2) is 7.27. The Bertz CT molecular complexity index is 1360. The van der Waals surface area contributed by atoms with Crippen LogP contribution in [0.5, 0.6) is 0 Å². The summed E-state index contributed by atoms with van der Waals surface area (Å²) in [7, 11) is 0. The minimum atomic E-state index is -1.25. The molecule has 174 valence electrons. The molecule has 0 radical (unpaired) electrons. The number of likely N-dealkylation sites (tertiary alicyclic amines) is 1. The van der Waals surface area contributed by atoms with Gasteiger partial charge in [-0.3, -0.25) is 24.6 Å². The van der Waals surface area contributed by atoms with Crippen molar-refractivity contribution in [2.45, 2.75) is 51.2 Å². The summed E-state index contributed by atoms with van der Waals surface area (Å²) in [4.78, 5) is 46.0. The minimum absolute atomic E-state index is 0.174. The molecular formula is C27H28N4O3. The number of amides is 3. The lowest BCUT2D eigenvalue weighted by Gasteiger charge is -2.31. The number of H-pyrrole nitrogens is 1. The van der Waals surface area contributed by atoms with Crippen molar-refractivity contribution >= 4 is 34.3 Å². The van der Waals surface area contributed by atoms with Crippen LogP contribution in [-0.4, -0.2) is 39.7 Å². The van der Waals surface area contributed by atoms with Gasteiger partial charge in [0.15, 0.2) is 0 Å². The average Bonchev–Trinajstić information content (AvgIpc) is 3.54. The smallest absolute Gasteiger partial charge is 0.250 e. The highest BCUT2D eigenvalue weighted by atomic mass is 16.2. The van der Waals surface area contributed by atoms with E-state index in [0.29, 0.717) is 12.8 Å². The highest BCUT2D eigenvalue weighted by molar-refractivity contribution is 6.15. The van der Waals surface area contributed by atoms with E-state index in [4.69, 9.17) is 0 Å². The summed E-state index contributed by atoms with van der Waals surface area (Å²) < 4.78 is 0. The lowest BCUT2D eigenvalue weighted by Crippen LogP contribution is -2.54. The van der Waals surface area contributed by atoms with Crippen LogP contribution in [0.15, 0.2) is 48.7 Å². The van der Waals surface area contributed by atoms with E-state index in [1.165, 1.54) is 4.90 Å². The first-order valence-electron chi connectivity index (χ1n) is 12.0. The van der Waals surface area contributed by atoms with Crippen LogP contribution in [0, 0.1) is 18.8 Å². The maximum Gasteiger partial charge on any atom is 0.250 e. The molecule has 3 aromatic rings. The van der Waals surface area contributed by atoms with Crippen molar-refractivity contribution in [2.75, 3.05) is 5.32 Å². The Morgan fingerprint density at radius 1 is 1.06 bits per heavy atom. The molecule has 7 nitrogen and oxygen atoms in total.